The number of hydrogen-bond acceptors (Lipinski definition) is 3. The Labute approximate surface area is 87.1 Å². The molecule has 1 heterocycles. The van der Waals surface area contributed by atoms with E-state index in [1.54, 1.807) is 0 Å². The first-order valence-corrected chi connectivity index (χ1v) is 5.01. The van der Waals surface area contributed by atoms with Gasteiger partial charge in [0.2, 0.25) is 0 Å². The number of carboxylic acids is 1. The van der Waals surface area contributed by atoms with E-state index in [9.17, 15) is 9.59 Å². The van der Waals surface area contributed by atoms with Gasteiger partial charge in [-0.2, -0.15) is 0 Å². The van der Waals surface area contributed by atoms with Crippen LogP contribution in [-0.4, -0.2) is 29.1 Å². The molecule has 0 unspecified atom stereocenters. The van der Waals surface area contributed by atoms with Crippen molar-refractivity contribution >= 4 is 11.9 Å². The molecule has 1 aliphatic heterocycles. The Bertz CT molecular complexity index is 330. The van der Waals surface area contributed by atoms with Crippen LogP contribution in [0.2, 0.25) is 0 Å². The normalized spacial score (nSPS) is 22.3. The molecule has 2 rings (SSSR count). The Morgan fingerprint density at radius 1 is 1.47 bits per heavy atom. The third-order valence-corrected chi connectivity index (χ3v) is 2.74. The number of nitrogens with one attached hydrogen (secondary N) is 1. The standard InChI is InChI=1S/C10H13NO4/c12-8(7-2-1-5-15-6-7)11-10(3-4-10)9(13)14/h6H,1-5H2,(H,11,12)(H,13,14). The van der Waals surface area contributed by atoms with E-state index in [4.69, 9.17) is 9.84 Å². The van der Waals surface area contributed by atoms with Gasteiger partial charge in [0, 0.05) is 0 Å². The second-order valence-corrected chi connectivity index (χ2v) is 3.96. The molecule has 0 spiro atoms. The quantitative estimate of drug-likeness (QED) is 0.709. The summed E-state index contributed by atoms with van der Waals surface area (Å²) in [7, 11) is 0. The van der Waals surface area contributed by atoms with Crippen molar-refractivity contribution in [2.45, 2.75) is 31.2 Å². The van der Waals surface area contributed by atoms with E-state index in [1.807, 2.05) is 0 Å². The molecule has 0 atom stereocenters. The Hall–Kier alpha value is -1.52. The van der Waals surface area contributed by atoms with Gasteiger partial charge in [-0.25, -0.2) is 4.79 Å². The Morgan fingerprint density at radius 3 is 2.67 bits per heavy atom. The van der Waals surface area contributed by atoms with Crippen molar-refractivity contribution in [2.75, 3.05) is 6.61 Å². The van der Waals surface area contributed by atoms with Crippen molar-refractivity contribution < 1.29 is 19.4 Å². The number of carbonyl (C=O) groups excluding carboxylic acids is 1. The molecule has 2 aliphatic rings. The van der Waals surface area contributed by atoms with Crippen LogP contribution in [0.3, 0.4) is 0 Å². The van der Waals surface area contributed by atoms with Crippen LogP contribution in [0.1, 0.15) is 25.7 Å². The molecule has 0 saturated heterocycles. The smallest absolute Gasteiger partial charge is 0.329 e. The van der Waals surface area contributed by atoms with E-state index < -0.39 is 11.5 Å². The fraction of sp³-hybridized carbons (Fsp3) is 0.600. The van der Waals surface area contributed by atoms with Crippen molar-refractivity contribution in [1.29, 1.82) is 0 Å². The summed E-state index contributed by atoms with van der Waals surface area (Å²) >= 11 is 0. The molecule has 1 amide bonds. The Balaban J connectivity index is 1.98. The summed E-state index contributed by atoms with van der Waals surface area (Å²) in [6.07, 6.45) is 3.92. The Kier molecular flexibility index (Phi) is 2.38. The number of carbonyl (C=O) groups is 2. The third-order valence-electron chi connectivity index (χ3n) is 2.74. The van der Waals surface area contributed by atoms with Gasteiger partial charge in [0.05, 0.1) is 18.4 Å². The molecule has 82 valence electrons. The lowest BCUT2D eigenvalue weighted by Gasteiger charge is -2.16. The van der Waals surface area contributed by atoms with Crippen molar-refractivity contribution in [2.24, 2.45) is 0 Å². The minimum absolute atomic E-state index is 0.311. The first-order valence-electron chi connectivity index (χ1n) is 5.01. The lowest BCUT2D eigenvalue weighted by atomic mass is 10.1. The minimum atomic E-state index is -1.00. The van der Waals surface area contributed by atoms with Crippen molar-refractivity contribution in [3.8, 4) is 0 Å². The van der Waals surface area contributed by atoms with Crippen LogP contribution < -0.4 is 5.32 Å². The highest BCUT2D eigenvalue weighted by atomic mass is 16.5. The van der Waals surface area contributed by atoms with E-state index in [0.29, 0.717) is 31.4 Å². The maximum atomic E-state index is 11.6. The van der Waals surface area contributed by atoms with Crippen LogP contribution >= 0.6 is 0 Å². The zero-order chi connectivity index (χ0) is 10.9. The highest BCUT2D eigenvalue weighted by Crippen LogP contribution is 2.36. The zero-order valence-electron chi connectivity index (χ0n) is 8.28. The topological polar surface area (TPSA) is 75.6 Å². The molecule has 0 radical (unpaired) electrons. The highest BCUT2D eigenvalue weighted by Gasteiger charge is 2.51. The molecule has 5 heteroatoms. The summed E-state index contributed by atoms with van der Waals surface area (Å²) < 4.78 is 5.03. The van der Waals surface area contributed by atoms with Crippen LogP contribution in [0, 0.1) is 0 Å². The summed E-state index contributed by atoms with van der Waals surface area (Å²) in [6, 6.07) is 0. The van der Waals surface area contributed by atoms with Crippen LogP contribution in [0.5, 0.6) is 0 Å². The van der Waals surface area contributed by atoms with Gasteiger partial charge in [-0.15, -0.1) is 0 Å². The fourth-order valence-electron chi connectivity index (χ4n) is 1.55. The third kappa shape index (κ3) is 1.95. The van der Waals surface area contributed by atoms with Crippen molar-refractivity contribution in [3.63, 3.8) is 0 Å². The highest BCUT2D eigenvalue weighted by molar-refractivity contribution is 5.98. The van der Waals surface area contributed by atoms with Crippen LogP contribution in [0.25, 0.3) is 0 Å². The van der Waals surface area contributed by atoms with Gasteiger partial charge in [-0.3, -0.25) is 4.79 Å². The second kappa shape index (κ2) is 3.56. The van der Waals surface area contributed by atoms with Gasteiger partial charge in [0.15, 0.2) is 0 Å². The number of carboxylic acid groups (broad SMARTS) is 1. The number of aliphatic carboxylic acids is 1. The summed E-state index contributed by atoms with van der Waals surface area (Å²) in [5.74, 6) is -1.26. The number of ether oxygens (including phenoxy) is 1. The van der Waals surface area contributed by atoms with E-state index in [0.717, 1.165) is 6.42 Å². The fourth-order valence-corrected chi connectivity index (χ4v) is 1.55. The second-order valence-electron chi connectivity index (χ2n) is 3.96. The lowest BCUT2D eigenvalue weighted by molar-refractivity contribution is -0.142. The van der Waals surface area contributed by atoms with E-state index >= 15 is 0 Å². The lowest BCUT2D eigenvalue weighted by Crippen LogP contribution is -2.43. The molecule has 2 N–H and O–H groups in total. The molecule has 15 heavy (non-hydrogen) atoms. The van der Waals surface area contributed by atoms with Gasteiger partial charge >= 0.3 is 5.97 Å². The van der Waals surface area contributed by atoms with Gasteiger partial charge in [0.25, 0.3) is 5.91 Å². The SMILES string of the molecule is O=C(NC1(C(=O)O)CC1)C1=COCCC1. The maximum Gasteiger partial charge on any atom is 0.329 e. The number of hydrogen-bond donors (Lipinski definition) is 2. The molecular weight excluding hydrogens is 198 g/mol. The monoisotopic (exact) mass is 211 g/mol. The van der Waals surface area contributed by atoms with Gasteiger partial charge < -0.3 is 15.2 Å². The first-order chi connectivity index (χ1) is 7.14. The zero-order valence-corrected chi connectivity index (χ0v) is 8.28. The van der Waals surface area contributed by atoms with Crippen molar-refractivity contribution in [3.05, 3.63) is 11.8 Å². The summed E-state index contributed by atoms with van der Waals surface area (Å²) in [4.78, 5) is 22.5. The molecule has 0 aromatic rings. The largest absolute Gasteiger partial charge is 0.501 e. The average Bonchev–Trinajstić information content (AvgIpc) is 3.00. The molecule has 0 aromatic heterocycles. The summed E-state index contributed by atoms with van der Waals surface area (Å²) in [6.45, 7) is 0.626. The van der Waals surface area contributed by atoms with Crippen LogP contribution in [0.4, 0.5) is 0 Å². The number of rotatable bonds is 3. The summed E-state index contributed by atoms with van der Waals surface area (Å²) in [5.41, 5.74) is -0.469. The predicted molar refractivity (Wildman–Crippen MR) is 51.0 cm³/mol. The maximum absolute atomic E-state index is 11.6. The minimum Gasteiger partial charge on any atom is -0.501 e. The molecule has 1 fully saturated rings. The van der Waals surface area contributed by atoms with E-state index in [-0.39, 0.29) is 5.91 Å². The molecule has 0 aromatic carbocycles. The van der Waals surface area contributed by atoms with Gasteiger partial charge in [-0.1, -0.05) is 0 Å². The average molecular weight is 211 g/mol. The summed E-state index contributed by atoms with van der Waals surface area (Å²) in [5, 5.41) is 11.4. The van der Waals surface area contributed by atoms with Crippen LogP contribution in [0.15, 0.2) is 11.8 Å². The Morgan fingerprint density at radius 2 is 2.20 bits per heavy atom. The van der Waals surface area contributed by atoms with E-state index in [1.165, 1.54) is 6.26 Å². The van der Waals surface area contributed by atoms with E-state index in [2.05, 4.69) is 5.32 Å². The molecule has 5 nitrogen and oxygen atoms in total. The van der Waals surface area contributed by atoms with Crippen LogP contribution in [-0.2, 0) is 14.3 Å². The van der Waals surface area contributed by atoms with Gasteiger partial charge in [-0.05, 0) is 25.7 Å². The van der Waals surface area contributed by atoms with Crippen molar-refractivity contribution in [1.82, 2.24) is 5.32 Å². The molecule has 1 aliphatic carbocycles. The molecule has 1 saturated carbocycles. The van der Waals surface area contributed by atoms with Gasteiger partial charge in [0.1, 0.15) is 5.54 Å². The molecular formula is C10H13NO4. The predicted octanol–water partition coefficient (Wildman–Crippen LogP) is 0.414. The number of amides is 1. The first kappa shape index (κ1) is 10.0. The molecule has 0 bridgehead atoms.